The summed E-state index contributed by atoms with van der Waals surface area (Å²) < 4.78 is 38.7. The average Bonchev–Trinajstić information content (AvgIpc) is 2.75. The first kappa shape index (κ1) is 16.3. The number of halogens is 3. The highest BCUT2D eigenvalue weighted by Crippen LogP contribution is 2.45. The van der Waals surface area contributed by atoms with Gasteiger partial charge in [-0.25, -0.2) is 0 Å². The van der Waals surface area contributed by atoms with Crippen LogP contribution in [0.2, 0.25) is 0 Å². The number of nitrogens with zero attached hydrogens (tertiary/aromatic N) is 1. The van der Waals surface area contributed by atoms with Crippen molar-refractivity contribution in [3.8, 4) is 0 Å². The summed E-state index contributed by atoms with van der Waals surface area (Å²) in [6, 6.07) is 0. The van der Waals surface area contributed by atoms with Crippen LogP contribution in [0.5, 0.6) is 0 Å². The summed E-state index contributed by atoms with van der Waals surface area (Å²) in [5.41, 5.74) is 11.4. The van der Waals surface area contributed by atoms with Gasteiger partial charge in [-0.05, 0) is 19.1 Å². The first-order valence-electron chi connectivity index (χ1n) is 6.33. The molecule has 1 aliphatic rings. The lowest BCUT2D eigenvalue weighted by Gasteiger charge is -2.34. The minimum Gasteiger partial charge on any atom is -0.396 e. The van der Waals surface area contributed by atoms with E-state index in [4.69, 9.17) is 11.5 Å². The van der Waals surface area contributed by atoms with E-state index in [1.807, 2.05) is 0 Å². The Morgan fingerprint density at radius 1 is 1.48 bits per heavy atom. The van der Waals surface area contributed by atoms with Crippen molar-refractivity contribution in [2.75, 3.05) is 30.0 Å². The van der Waals surface area contributed by atoms with E-state index in [1.165, 1.54) is 11.8 Å². The van der Waals surface area contributed by atoms with Gasteiger partial charge in [0, 0.05) is 13.1 Å². The van der Waals surface area contributed by atoms with Gasteiger partial charge in [0.05, 0.1) is 16.5 Å². The zero-order valence-corrected chi connectivity index (χ0v) is 13.0. The van der Waals surface area contributed by atoms with E-state index in [2.05, 4.69) is 0 Å². The number of hydrogen-bond donors (Lipinski definition) is 2. The number of alkyl halides is 3. The van der Waals surface area contributed by atoms with Crippen molar-refractivity contribution >= 4 is 39.7 Å². The molecule has 1 saturated heterocycles. The van der Waals surface area contributed by atoms with Crippen LogP contribution >= 0.6 is 23.1 Å². The normalized spacial score (nSPS) is 19.8. The summed E-state index contributed by atoms with van der Waals surface area (Å²) in [5.74, 6) is -2.00. The van der Waals surface area contributed by atoms with Crippen LogP contribution in [0.15, 0.2) is 4.90 Å². The molecule has 0 radical (unpaired) electrons. The molecule has 1 unspecified atom stereocenters. The molecule has 0 spiro atoms. The van der Waals surface area contributed by atoms with E-state index in [-0.39, 0.29) is 23.5 Å². The molecule has 1 fully saturated rings. The lowest BCUT2D eigenvalue weighted by Crippen LogP contribution is -2.41. The first-order chi connectivity index (χ1) is 9.75. The molecule has 1 aromatic heterocycles. The Labute approximate surface area is 128 Å². The number of primary amides is 1. The molecule has 9 heteroatoms. The monoisotopic (exact) mass is 339 g/mol. The predicted octanol–water partition coefficient (Wildman–Crippen LogP) is 2.93. The molecule has 4 N–H and O–H groups in total. The van der Waals surface area contributed by atoms with Gasteiger partial charge in [0.2, 0.25) is 0 Å². The van der Waals surface area contributed by atoms with Crippen molar-refractivity contribution in [1.29, 1.82) is 0 Å². The molecule has 21 heavy (non-hydrogen) atoms. The fourth-order valence-electron chi connectivity index (χ4n) is 2.43. The topological polar surface area (TPSA) is 72.3 Å². The van der Waals surface area contributed by atoms with Crippen LogP contribution in [0.1, 0.15) is 22.5 Å². The fourth-order valence-corrected chi connectivity index (χ4v) is 4.50. The van der Waals surface area contributed by atoms with E-state index in [9.17, 15) is 18.0 Å². The Bertz CT molecular complexity index is 545. The minimum atomic E-state index is -4.20. The molecule has 2 rings (SSSR count). The van der Waals surface area contributed by atoms with Crippen molar-refractivity contribution < 1.29 is 18.0 Å². The van der Waals surface area contributed by atoms with Crippen molar-refractivity contribution in [2.24, 2.45) is 11.7 Å². The van der Waals surface area contributed by atoms with Crippen molar-refractivity contribution in [1.82, 2.24) is 0 Å². The van der Waals surface area contributed by atoms with Gasteiger partial charge in [-0.2, -0.15) is 13.2 Å². The second-order valence-electron chi connectivity index (χ2n) is 4.87. The summed E-state index contributed by atoms with van der Waals surface area (Å²) in [4.78, 5) is 13.9. The summed E-state index contributed by atoms with van der Waals surface area (Å²) in [6.45, 7) is 0.424. The Morgan fingerprint density at radius 3 is 2.67 bits per heavy atom. The number of rotatable bonds is 3. The number of nitrogen functional groups attached to an aromatic ring is 1. The second-order valence-corrected chi connectivity index (χ2v) is 6.69. The molecule has 2 heterocycles. The van der Waals surface area contributed by atoms with Gasteiger partial charge in [-0.3, -0.25) is 4.79 Å². The first-order valence-corrected chi connectivity index (χ1v) is 8.37. The molecule has 0 aliphatic carbocycles. The van der Waals surface area contributed by atoms with Gasteiger partial charge in [0.25, 0.3) is 5.91 Å². The van der Waals surface area contributed by atoms with Gasteiger partial charge < -0.3 is 16.4 Å². The maximum atomic E-state index is 12.9. The largest absolute Gasteiger partial charge is 0.396 e. The van der Waals surface area contributed by atoms with Crippen LogP contribution in [0.4, 0.5) is 23.9 Å². The van der Waals surface area contributed by atoms with E-state index >= 15 is 0 Å². The van der Waals surface area contributed by atoms with Gasteiger partial charge in [0.15, 0.2) is 0 Å². The van der Waals surface area contributed by atoms with E-state index in [0.29, 0.717) is 22.9 Å². The van der Waals surface area contributed by atoms with E-state index in [1.54, 1.807) is 11.2 Å². The Kier molecular flexibility index (Phi) is 4.62. The SMILES string of the molecule is CSc1c(N2CCCC(C(F)(F)F)C2)sc(C(N)=O)c1N. The van der Waals surface area contributed by atoms with Gasteiger partial charge in [-0.15, -0.1) is 23.1 Å². The number of anilines is 2. The smallest absolute Gasteiger partial charge is 0.393 e. The highest BCUT2D eigenvalue weighted by molar-refractivity contribution is 7.99. The molecule has 4 nitrogen and oxygen atoms in total. The molecule has 0 bridgehead atoms. The Hall–Kier alpha value is -1.09. The van der Waals surface area contributed by atoms with Crippen LogP contribution in [-0.2, 0) is 0 Å². The average molecular weight is 339 g/mol. The third kappa shape index (κ3) is 3.23. The number of carbonyl (C=O) groups is 1. The molecule has 1 amide bonds. The molecule has 118 valence electrons. The number of carbonyl (C=O) groups excluding carboxylic acids is 1. The number of thioether (sulfide) groups is 1. The maximum Gasteiger partial charge on any atom is 0.393 e. The highest BCUT2D eigenvalue weighted by Gasteiger charge is 2.42. The standard InChI is InChI=1S/C12H16F3N3OS2/c1-20-9-7(16)8(10(17)19)21-11(9)18-4-2-3-6(5-18)12(13,14)15/h6H,2-5,16H2,1H3,(H2,17,19). The van der Waals surface area contributed by atoms with Crippen molar-refractivity contribution in [3.05, 3.63) is 4.88 Å². The molecule has 1 aliphatic heterocycles. The lowest BCUT2D eigenvalue weighted by molar-refractivity contribution is -0.175. The lowest BCUT2D eigenvalue weighted by atomic mass is 9.98. The predicted molar refractivity (Wildman–Crippen MR) is 80.0 cm³/mol. The van der Waals surface area contributed by atoms with Crippen LogP contribution in [-0.4, -0.2) is 31.4 Å². The van der Waals surface area contributed by atoms with Gasteiger partial charge >= 0.3 is 6.18 Å². The number of thiophene rings is 1. The van der Waals surface area contributed by atoms with Crippen LogP contribution in [0, 0.1) is 5.92 Å². The summed E-state index contributed by atoms with van der Waals surface area (Å²) in [5, 5.41) is 0.614. The molecular formula is C12H16F3N3OS2. The van der Waals surface area contributed by atoms with Gasteiger partial charge in [-0.1, -0.05) is 0 Å². The molecule has 1 aromatic rings. The number of hydrogen-bond acceptors (Lipinski definition) is 5. The summed E-state index contributed by atoms with van der Waals surface area (Å²) in [6.07, 6.45) is -1.83. The maximum absolute atomic E-state index is 12.9. The Balaban J connectivity index is 2.33. The molecule has 0 aromatic carbocycles. The minimum absolute atomic E-state index is 0.102. The third-order valence-electron chi connectivity index (χ3n) is 3.48. The zero-order chi connectivity index (χ0) is 15.8. The van der Waals surface area contributed by atoms with Gasteiger partial charge in [0.1, 0.15) is 9.88 Å². The number of nitrogens with two attached hydrogens (primary N) is 2. The molecular weight excluding hydrogens is 323 g/mol. The molecule has 0 saturated carbocycles. The van der Waals surface area contributed by atoms with Crippen LogP contribution in [0.25, 0.3) is 0 Å². The summed E-state index contributed by atoms with van der Waals surface area (Å²) >= 11 is 2.39. The quantitative estimate of drug-likeness (QED) is 0.831. The second kappa shape index (κ2) is 5.96. The zero-order valence-electron chi connectivity index (χ0n) is 11.4. The fraction of sp³-hybridized carbons (Fsp3) is 0.583. The Morgan fingerprint density at radius 2 is 2.14 bits per heavy atom. The van der Waals surface area contributed by atoms with Crippen molar-refractivity contribution in [3.63, 3.8) is 0 Å². The van der Waals surface area contributed by atoms with Crippen LogP contribution < -0.4 is 16.4 Å². The van der Waals surface area contributed by atoms with Crippen molar-refractivity contribution in [2.45, 2.75) is 23.9 Å². The third-order valence-corrected chi connectivity index (χ3v) is 5.71. The number of piperidine rings is 1. The highest BCUT2D eigenvalue weighted by atomic mass is 32.2. The number of amides is 1. The van der Waals surface area contributed by atoms with E-state index in [0.717, 1.165) is 11.3 Å². The molecule has 1 atom stereocenters. The summed E-state index contributed by atoms with van der Waals surface area (Å²) in [7, 11) is 0. The van der Waals surface area contributed by atoms with E-state index < -0.39 is 18.0 Å². The van der Waals surface area contributed by atoms with Crippen LogP contribution in [0.3, 0.4) is 0 Å².